The number of alkyl halides is 2. The number of aromatic nitrogens is 2. The molecule has 82 valence electrons. The van der Waals surface area contributed by atoms with E-state index in [2.05, 4.69) is 9.97 Å². The maximum Gasteiger partial charge on any atom is 0.276 e. The van der Waals surface area contributed by atoms with Gasteiger partial charge in [0.2, 0.25) is 0 Å². The van der Waals surface area contributed by atoms with E-state index in [1.807, 2.05) is 0 Å². The Morgan fingerprint density at radius 3 is 2.60 bits per heavy atom. The van der Waals surface area contributed by atoms with Gasteiger partial charge < -0.3 is 0 Å². The first-order chi connectivity index (χ1) is 7.00. The summed E-state index contributed by atoms with van der Waals surface area (Å²) in [6.07, 6.45) is 1.92. The van der Waals surface area contributed by atoms with Crippen molar-refractivity contribution in [2.24, 2.45) is 0 Å². The maximum absolute atomic E-state index is 13.8. The van der Waals surface area contributed by atoms with E-state index in [1.54, 1.807) is 13.8 Å². The molecule has 0 saturated heterocycles. The normalized spacial score (nSPS) is 19.5. The SMILES string of the molecule is Cc1nc(C)c2c(n1)CCCCC2(F)F. The monoisotopic (exact) mass is 212 g/mol. The van der Waals surface area contributed by atoms with E-state index >= 15 is 0 Å². The maximum atomic E-state index is 13.8. The van der Waals surface area contributed by atoms with Crippen LogP contribution in [0, 0.1) is 13.8 Å². The molecule has 0 N–H and O–H groups in total. The van der Waals surface area contributed by atoms with Crippen LogP contribution in [0.3, 0.4) is 0 Å². The van der Waals surface area contributed by atoms with Crippen LogP contribution in [0.4, 0.5) is 8.78 Å². The van der Waals surface area contributed by atoms with Gasteiger partial charge in [0.15, 0.2) is 0 Å². The van der Waals surface area contributed by atoms with Crippen molar-refractivity contribution in [2.75, 3.05) is 0 Å². The minimum atomic E-state index is -2.75. The van der Waals surface area contributed by atoms with Crippen LogP contribution in [-0.4, -0.2) is 9.97 Å². The first kappa shape index (κ1) is 10.5. The third-order valence-corrected chi connectivity index (χ3v) is 2.80. The molecule has 0 fully saturated rings. The lowest BCUT2D eigenvalue weighted by Gasteiger charge is -2.18. The Bertz CT molecular complexity index is 388. The Balaban J connectivity index is 2.61. The van der Waals surface area contributed by atoms with Crippen LogP contribution in [0.2, 0.25) is 0 Å². The molecule has 0 unspecified atom stereocenters. The van der Waals surface area contributed by atoms with Crippen molar-refractivity contribution in [1.82, 2.24) is 9.97 Å². The molecule has 1 aromatic heterocycles. The average Bonchev–Trinajstić information content (AvgIpc) is 2.23. The van der Waals surface area contributed by atoms with Gasteiger partial charge in [0.1, 0.15) is 5.82 Å². The summed E-state index contributed by atoms with van der Waals surface area (Å²) in [5.41, 5.74) is 1.05. The van der Waals surface area contributed by atoms with Crippen LogP contribution in [0.25, 0.3) is 0 Å². The molecule has 1 aliphatic carbocycles. The van der Waals surface area contributed by atoms with Crippen molar-refractivity contribution >= 4 is 0 Å². The van der Waals surface area contributed by atoms with Crippen LogP contribution < -0.4 is 0 Å². The van der Waals surface area contributed by atoms with Crippen LogP contribution in [0.1, 0.15) is 42.0 Å². The standard InChI is InChI=1S/C11H14F2N2/c1-7-10-9(15-8(2)14-7)5-3-4-6-11(10,12)13/h3-6H2,1-2H3. The number of rotatable bonds is 0. The van der Waals surface area contributed by atoms with E-state index in [4.69, 9.17) is 0 Å². The first-order valence-electron chi connectivity index (χ1n) is 5.23. The van der Waals surface area contributed by atoms with Gasteiger partial charge in [-0.1, -0.05) is 0 Å². The lowest BCUT2D eigenvalue weighted by molar-refractivity contribution is -0.0150. The molecule has 4 heteroatoms. The van der Waals surface area contributed by atoms with E-state index in [1.165, 1.54) is 0 Å². The van der Waals surface area contributed by atoms with Gasteiger partial charge in [-0.25, -0.2) is 18.7 Å². The first-order valence-corrected chi connectivity index (χ1v) is 5.23. The number of aryl methyl sites for hydroxylation is 3. The van der Waals surface area contributed by atoms with Crippen molar-refractivity contribution < 1.29 is 8.78 Å². The summed E-state index contributed by atoms with van der Waals surface area (Å²) in [4.78, 5) is 8.17. The summed E-state index contributed by atoms with van der Waals surface area (Å²) in [6.45, 7) is 3.39. The lowest BCUT2D eigenvalue weighted by atomic mass is 10.0. The van der Waals surface area contributed by atoms with Crippen LogP contribution in [0.5, 0.6) is 0 Å². The molecule has 2 nitrogen and oxygen atoms in total. The van der Waals surface area contributed by atoms with Crippen LogP contribution in [0.15, 0.2) is 0 Å². The lowest BCUT2D eigenvalue weighted by Crippen LogP contribution is -2.18. The summed E-state index contributed by atoms with van der Waals surface area (Å²) in [6, 6.07) is 0. The molecule has 0 amide bonds. The van der Waals surface area contributed by atoms with Crippen molar-refractivity contribution in [3.05, 3.63) is 22.8 Å². The van der Waals surface area contributed by atoms with E-state index in [9.17, 15) is 8.78 Å². The predicted molar refractivity (Wildman–Crippen MR) is 53.0 cm³/mol. The fraction of sp³-hybridized carbons (Fsp3) is 0.636. The van der Waals surface area contributed by atoms with Gasteiger partial charge >= 0.3 is 0 Å². The molecule has 2 rings (SSSR count). The summed E-state index contributed by atoms with van der Waals surface area (Å²) in [5, 5.41) is 0. The Hall–Kier alpha value is -1.06. The summed E-state index contributed by atoms with van der Waals surface area (Å²) < 4.78 is 27.5. The molecule has 0 radical (unpaired) electrons. The molecule has 0 bridgehead atoms. The van der Waals surface area contributed by atoms with Gasteiger partial charge in [-0.15, -0.1) is 0 Å². The highest BCUT2D eigenvalue weighted by molar-refractivity contribution is 5.30. The van der Waals surface area contributed by atoms with Gasteiger partial charge in [-0.05, 0) is 33.1 Å². The Kier molecular flexibility index (Phi) is 2.44. The fourth-order valence-corrected chi connectivity index (χ4v) is 2.20. The van der Waals surface area contributed by atoms with Crippen molar-refractivity contribution in [3.8, 4) is 0 Å². The van der Waals surface area contributed by atoms with Gasteiger partial charge in [0, 0.05) is 6.42 Å². The molecule has 0 spiro atoms. The highest BCUT2D eigenvalue weighted by Gasteiger charge is 2.37. The van der Waals surface area contributed by atoms with Gasteiger partial charge in [-0.3, -0.25) is 0 Å². The van der Waals surface area contributed by atoms with E-state index < -0.39 is 5.92 Å². The number of fused-ring (bicyclic) bond motifs is 1. The van der Waals surface area contributed by atoms with Crippen LogP contribution >= 0.6 is 0 Å². The number of hydrogen-bond acceptors (Lipinski definition) is 2. The Morgan fingerprint density at radius 1 is 1.13 bits per heavy atom. The average molecular weight is 212 g/mol. The fourth-order valence-electron chi connectivity index (χ4n) is 2.20. The second kappa shape index (κ2) is 3.51. The quantitative estimate of drug-likeness (QED) is 0.618. The summed E-state index contributed by atoms with van der Waals surface area (Å²) >= 11 is 0. The van der Waals surface area contributed by atoms with E-state index in [-0.39, 0.29) is 12.0 Å². The molecule has 0 atom stereocenters. The van der Waals surface area contributed by atoms with E-state index in [0.29, 0.717) is 30.1 Å². The zero-order valence-electron chi connectivity index (χ0n) is 8.98. The zero-order chi connectivity index (χ0) is 11.1. The molecule has 0 saturated carbocycles. The van der Waals surface area contributed by atoms with Crippen LogP contribution in [-0.2, 0) is 12.3 Å². The van der Waals surface area contributed by atoms with Gasteiger partial charge in [0.25, 0.3) is 5.92 Å². The molecule has 1 heterocycles. The predicted octanol–water partition coefficient (Wildman–Crippen LogP) is 2.91. The molecule has 1 aliphatic rings. The minimum absolute atomic E-state index is 0.0746. The van der Waals surface area contributed by atoms with E-state index in [0.717, 1.165) is 6.42 Å². The molecule has 15 heavy (non-hydrogen) atoms. The largest absolute Gasteiger partial charge is 0.276 e. The zero-order valence-corrected chi connectivity index (χ0v) is 8.98. The smallest absolute Gasteiger partial charge is 0.238 e. The number of hydrogen-bond donors (Lipinski definition) is 0. The second-order valence-corrected chi connectivity index (χ2v) is 4.09. The molecule has 0 aliphatic heterocycles. The van der Waals surface area contributed by atoms with Gasteiger partial charge in [-0.2, -0.15) is 0 Å². The molecular weight excluding hydrogens is 198 g/mol. The highest BCUT2D eigenvalue weighted by Crippen LogP contribution is 2.39. The number of halogens is 2. The van der Waals surface area contributed by atoms with Crippen molar-refractivity contribution in [3.63, 3.8) is 0 Å². The minimum Gasteiger partial charge on any atom is -0.238 e. The highest BCUT2D eigenvalue weighted by atomic mass is 19.3. The number of nitrogens with zero attached hydrogens (tertiary/aromatic N) is 2. The third kappa shape index (κ3) is 1.85. The Morgan fingerprint density at radius 2 is 1.87 bits per heavy atom. The second-order valence-electron chi connectivity index (χ2n) is 4.09. The van der Waals surface area contributed by atoms with Gasteiger partial charge in [0.05, 0.1) is 17.0 Å². The van der Waals surface area contributed by atoms with Crippen molar-refractivity contribution in [2.45, 2.75) is 45.5 Å². The Labute approximate surface area is 87.8 Å². The topological polar surface area (TPSA) is 25.8 Å². The molecule has 1 aromatic rings. The molecule has 0 aromatic carbocycles. The summed E-state index contributed by atoms with van der Waals surface area (Å²) in [5.74, 6) is -2.16. The molecular formula is C11H14F2N2. The summed E-state index contributed by atoms with van der Waals surface area (Å²) in [7, 11) is 0. The third-order valence-electron chi connectivity index (χ3n) is 2.80. The van der Waals surface area contributed by atoms with Crippen molar-refractivity contribution in [1.29, 1.82) is 0 Å².